The first-order chi connectivity index (χ1) is 17.7. The summed E-state index contributed by atoms with van der Waals surface area (Å²) in [5.74, 6) is 3.96. The molecule has 2 aliphatic rings. The number of ether oxygens (including phenoxy) is 5. The fraction of sp³-hybridized carbons (Fsp3) is 0.276. The number of nitrogens with one attached hydrogen (secondary N) is 1. The normalized spacial score (nSPS) is 13.2. The number of hydrogen-bond acceptors (Lipinski definition) is 6. The first kappa shape index (κ1) is 22.3. The van der Waals surface area contributed by atoms with Crippen molar-refractivity contribution in [1.29, 1.82) is 0 Å². The van der Waals surface area contributed by atoms with Crippen LogP contribution in [-0.2, 0) is 19.4 Å². The van der Waals surface area contributed by atoms with Crippen LogP contribution in [0.15, 0.2) is 54.7 Å². The Kier molecular flexibility index (Phi) is 5.68. The van der Waals surface area contributed by atoms with E-state index in [2.05, 4.69) is 46.4 Å². The summed E-state index contributed by atoms with van der Waals surface area (Å²) in [6.45, 7) is 1.94. The molecule has 0 radical (unpaired) electrons. The average Bonchev–Trinajstić information content (AvgIpc) is 3.38. The van der Waals surface area contributed by atoms with E-state index >= 15 is 0 Å². The molecule has 7 heteroatoms. The number of rotatable bonds is 7. The van der Waals surface area contributed by atoms with Crippen LogP contribution in [0.25, 0.3) is 22.0 Å². The van der Waals surface area contributed by atoms with Crippen molar-refractivity contribution in [1.82, 2.24) is 0 Å². The quantitative estimate of drug-likeness (QED) is 0.381. The Labute approximate surface area is 210 Å². The average molecular weight is 486 g/mol. The Balaban J connectivity index is 1.32. The van der Waals surface area contributed by atoms with Gasteiger partial charge in [0.25, 0.3) is 0 Å². The van der Waals surface area contributed by atoms with E-state index in [-0.39, 0.29) is 6.79 Å². The van der Waals surface area contributed by atoms with E-state index in [1.165, 1.54) is 22.4 Å². The SMILES string of the molecule is COc1ccc(CCNc2c(OC)ccc3cc4[n+](cc23)CCc2cc3c(cc2-4)OCO3)cc1OC. The van der Waals surface area contributed by atoms with E-state index in [0.29, 0.717) is 0 Å². The lowest BCUT2D eigenvalue weighted by molar-refractivity contribution is -0.686. The first-order valence-electron chi connectivity index (χ1n) is 12.1. The van der Waals surface area contributed by atoms with Gasteiger partial charge in [-0.1, -0.05) is 12.1 Å². The van der Waals surface area contributed by atoms with E-state index in [1.54, 1.807) is 21.3 Å². The zero-order chi connectivity index (χ0) is 24.6. The van der Waals surface area contributed by atoms with Crippen LogP contribution in [-0.4, -0.2) is 34.7 Å². The molecule has 0 saturated heterocycles. The summed E-state index contributed by atoms with van der Waals surface area (Å²) in [5.41, 5.74) is 5.85. The molecule has 0 atom stereocenters. The summed E-state index contributed by atoms with van der Waals surface area (Å²) in [6, 6.07) is 16.7. The summed E-state index contributed by atoms with van der Waals surface area (Å²) in [7, 11) is 5.02. The van der Waals surface area contributed by atoms with Crippen molar-refractivity contribution < 1.29 is 28.3 Å². The highest BCUT2D eigenvalue weighted by Gasteiger charge is 2.28. The van der Waals surface area contributed by atoms with Crippen LogP contribution in [0.3, 0.4) is 0 Å². The monoisotopic (exact) mass is 485 g/mol. The Morgan fingerprint density at radius 2 is 1.64 bits per heavy atom. The topological polar surface area (TPSA) is 62.1 Å². The van der Waals surface area contributed by atoms with Crippen molar-refractivity contribution in [3.63, 3.8) is 0 Å². The van der Waals surface area contributed by atoms with Gasteiger partial charge in [0.2, 0.25) is 12.5 Å². The molecule has 0 spiro atoms. The van der Waals surface area contributed by atoms with Crippen molar-refractivity contribution in [2.24, 2.45) is 0 Å². The van der Waals surface area contributed by atoms with Crippen LogP contribution in [0.1, 0.15) is 11.1 Å². The highest BCUT2D eigenvalue weighted by Crippen LogP contribution is 2.41. The van der Waals surface area contributed by atoms with Gasteiger partial charge in [0.05, 0.1) is 38.0 Å². The maximum Gasteiger partial charge on any atom is 0.231 e. The second-order valence-electron chi connectivity index (χ2n) is 8.98. The molecule has 3 heterocycles. The van der Waals surface area contributed by atoms with Gasteiger partial charge >= 0.3 is 0 Å². The molecule has 0 saturated carbocycles. The van der Waals surface area contributed by atoms with Crippen molar-refractivity contribution in [2.75, 3.05) is 40.0 Å². The maximum absolute atomic E-state index is 5.74. The molecule has 4 aromatic rings. The van der Waals surface area contributed by atoms with Gasteiger partial charge in [-0.15, -0.1) is 0 Å². The number of benzene rings is 3. The lowest BCUT2D eigenvalue weighted by atomic mass is 9.95. The van der Waals surface area contributed by atoms with Crippen LogP contribution in [0, 0.1) is 0 Å². The molecule has 184 valence electrons. The number of fused-ring (bicyclic) bond motifs is 5. The first-order valence-corrected chi connectivity index (χ1v) is 12.1. The molecule has 6 rings (SSSR count). The highest BCUT2D eigenvalue weighted by molar-refractivity contribution is 5.97. The molecule has 0 amide bonds. The third-order valence-electron chi connectivity index (χ3n) is 7.01. The molecule has 0 fully saturated rings. The largest absolute Gasteiger partial charge is 0.495 e. The van der Waals surface area contributed by atoms with Gasteiger partial charge < -0.3 is 29.0 Å². The fourth-order valence-electron chi connectivity index (χ4n) is 5.14. The molecule has 0 bridgehead atoms. The highest BCUT2D eigenvalue weighted by atomic mass is 16.7. The third kappa shape index (κ3) is 3.81. The number of methoxy groups -OCH3 is 3. The number of pyridine rings is 1. The van der Waals surface area contributed by atoms with Crippen LogP contribution < -0.4 is 33.6 Å². The molecular weight excluding hydrogens is 456 g/mol. The summed E-state index contributed by atoms with van der Waals surface area (Å²) >= 11 is 0. The second kappa shape index (κ2) is 9.15. The number of hydrogen-bond donors (Lipinski definition) is 1. The van der Waals surface area contributed by atoms with Crippen molar-refractivity contribution in [2.45, 2.75) is 19.4 Å². The zero-order valence-corrected chi connectivity index (χ0v) is 20.7. The summed E-state index contributed by atoms with van der Waals surface area (Å²) < 4.78 is 30.1. The maximum atomic E-state index is 5.74. The van der Waals surface area contributed by atoms with Gasteiger partial charge in [-0.05, 0) is 53.3 Å². The predicted molar refractivity (Wildman–Crippen MR) is 138 cm³/mol. The minimum Gasteiger partial charge on any atom is -0.495 e. The number of aryl methyl sites for hydroxylation is 2. The van der Waals surface area contributed by atoms with Gasteiger partial charge in [-0.25, -0.2) is 0 Å². The van der Waals surface area contributed by atoms with Gasteiger partial charge in [0.15, 0.2) is 35.7 Å². The predicted octanol–water partition coefficient (Wildman–Crippen LogP) is 4.76. The minimum absolute atomic E-state index is 0.286. The number of aromatic nitrogens is 1. The third-order valence-corrected chi connectivity index (χ3v) is 7.01. The van der Waals surface area contributed by atoms with E-state index in [0.717, 1.165) is 71.1 Å². The van der Waals surface area contributed by atoms with Crippen molar-refractivity contribution in [3.8, 4) is 40.0 Å². The molecule has 1 N–H and O–H groups in total. The summed E-state index contributed by atoms with van der Waals surface area (Å²) in [5, 5.41) is 5.92. The molecule has 7 nitrogen and oxygen atoms in total. The minimum atomic E-state index is 0.286. The van der Waals surface area contributed by atoms with Crippen LogP contribution in [0.5, 0.6) is 28.7 Å². The van der Waals surface area contributed by atoms with E-state index in [4.69, 9.17) is 23.7 Å². The van der Waals surface area contributed by atoms with Gasteiger partial charge in [-0.2, -0.15) is 4.57 Å². The van der Waals surface area contributed by atoms with E-state index in [1.807, 2.05) is 18.2 Å². The Morgan fingerprint density at radius 3 is 2.44 bits per heavy atom. The molecule has 0 aliphatic carbocycles. The van der Waals surface area contributed by atoms with Crippen LogP contribution >= 0.6 is 0 Å². The van der Waals surface area contributed by atoms with E-state index < -0.39 is 0 Å². The molecule has 3 aromatic carbocycles. The van der Waals surface area contributed by atoms with Crippen molar-refractivity contribution >= 4 is 16.5 Å². The van der Waals surface area contributed by atoms with Gasteiger partial charge in [0, 0.05) is 19.0 Å². The van der Waals surface area contributed by atoms with Gasteiger partial charge in [0.1, 0.15) is 5.75 Å². The standard InChI is InChI=1S/C29H28N2O5/c1-32-24-6-4-18(12-26(24)34-3)8-10-30-29-22-16-31-11-9-20-14-27-28(36-17-35-27)15-21(20)23(31)13-19(22)5-7-25(29)33-2/h4-7,12-16H,8-11,17H2,1-3H3/p+1. The molecule has 0 unspecified atom stereocenters. The summed E-state index contributed by atoms with van der Waals surface area (Å²) in [4.78, 5) is 0. The zero-order valence-electron chi connectivity index (χ0n) is 20.7. The smallest absolute Gasteiger partial charge is 0.231 e. The molecular formula is C29H29N2O5+. The second-order valence-corrected chi connectivity index (χ2v) is 8.98. The Morgan fingerprint density at radius 1 is 0.861 bits per heavy atom. The lowest BCUT2D eigenvalue weighted by Gasteiger charge is -2.18. The molecule has 2 aliphatic heterocycles. The number of nitrogens with zero attached hydrogens (tertiary/aromatic N) is 1. The Hall–Kier alpha value is -4.13. The van der Waals surface area contributed by atoms with Crippen molar-refractivity contribution in [3.05, 3.63) is 65.9 Å². The fourth-order valence-corrected chi connectivity index (χ4v) is 5.14. The van der Waals surface area contributed by atoms with Crippen LogP contribution in [0.2, 0.25) is 0 Å². The molecule has 1 aromatic heterocycles. The summed E-state index contributed by atoms with van der Waals surface area (Å²) in [6.07, 6.45) is 4.01. The lowest BCUT2D eigenvalue weighted by Crippen LogP contribution is -2.40. The van der Waals surface area contributed by atoms with E-state index in [9.17, 15) is 0 Å². The van der Waals surface area contributed by atoms with Gasteiger partial charge in [-0.3, -0.25) is 0 Å². The Bertz CT molecular complexity index is 1470. The van der Waals surface area contributed by atoms with Crippen LogP contribution in [0.4, 0.5) is 5.69 Å². The molecule has 36 heavy (non-hydrogen) atoms. The number of anilines is 1.